The smallest absolute Gasteiger partial charge is 0.248 e. The van der Waals surface area contributed by atoms with E-state index in [0.29, 0.717) is 23.6 Å². The van der Waals surface area contributed by atoms with Gasteiger partial charge >= 0.3 is 0 Å². The summed E-state index contributed by atoms with van der Waals surface area (Å²) in [5, 5.41) is 2.97. The average molecular weight is 317 g/mol. The van der Waals surface area contributed by atoms with Crippen molar-refractivity contribution in [3.05, 3.63) is 23.8 Å². The molecule has 23 heavy (non-hydrogen) atoms. The van der Waals surface area contributed by atoms with Crippen molar-refractivity contribution >= 4 is 23.2 Å². The van der Waals surface area contributed by atoms with Crippen LogP contribution in [0.3, 0.4) is 0 Å². The third-order valence-electron chi connectivity index (χ3n) is 4.20. The van der Waals surface area contributed by atoms with E-state index < -0.39 is 5.91 Å². The Labute approximate surface area is 138 Å². The Morgan fingerprint density at radius 3 is 2.52 bits per heavy atom. The first-order chi connectivity index (χ1) is 11.0. The van der Waals surface area contributed by atoms with Gasteiger partial charge in [0.05, 0.1) is 11.4 Å². The molecule has 5 heteroatoms. The number of primary amides is 1. The van der Waals surface area contributed by atoms with Gasteiger partial charge in [-0.25, -0.2) is 0 Å². The zero-order chi connectivity index (χ0) is 16.8. The Balaban J connectivity index is 2.20. The number of anilines is 2. The summed E-state index contributed by atoms with van der Waals surface area (Å²) in [6.45, 7) is 6.15. The van der Waals surface area contributed by atoms with Gasteiger partial charge in [0.25, 0.3) is 0 Å². The largest absolute Gasteiger partial charge is 0.370 e. The fourth-order valence-electron chi connectivity index (χ4n) is 2.83. The van der Waals surface area contributed by atoms with Crippen molar-refractivity contribution in [2.24, 2.45) is 11.7 Å². The van der Waals surface area contributed by atoms with Crippen LogP contribution in [0.1, 0.15) is 56.3 Å². The average Bonchev–Trinajstić information content (AvgIpc) is 2.53. The molecule has 5 nitrogen and oxygen atoms in total. The molecule has 0 saturated carbocycles. The van der Waals surface area contributed by atoms with Crippen molar-refractivity contribution in [1.82, 2.24) is 0 Å². The van der Waals surface area contributed by atoms with Crippen molar-refractivity contribution in [1.29, 1.82) is 0 Å². The second kappa shape index (κ2) is 7.99. The van der Waals surface area contributed by atoms with Crippen LogP contribution in [0.2, 0.25) is 0 Å². The molecular weight excluding hydrogens is 290 g/mol. The summed E-state index contributed by atoms with van der Waals surface area (Å²) in [6, 6.07) is 5.32. The highest BCUT2D eigenvalue weighted by Gasteiger charge is 2.17. The number of nitrogens with one attached hydrogen (secondary N) is 1. The van der Waals surface area contributed by atoms with E-state index in [9.17, 15) is 9.59 Å². The molecule has 1 fully saturated rings. The third-order valence-corrected chi connectivity index (χ3v) is 4.20. The molecule has 1 aliphatic rings. The van der Waals surface area contributed by atoms with Crippen molar-refractivity contribution in [3.63, 3.8) is 0 Å². The van der Waals surface area contributed by atoms with Crippen LogP contribution in [-0.2, 0) is 4.79 Å². The number of piperidine rings is 1. The Morgan fingerprint density at radius 1 is 1.22 bits per heavy atom. The van der Waals surface area contributed by atoms with Crippen LogP contribution >= 0.6 is 0 Å². The number of carbonyl (C=O) groups is 2. The molecule has 3 N–H and O–H groups in total. The minimum absolute atomic E-state index is 0.0152. The monoisotopic (exact) mass is 317 g/mol. The van der Waals surface area contributed by atoms with E-state index in [2.05, 4.69) is 24.1 Å². The predicted octanol–water partition coefficient (Wildman–Crippen LogP) is 3.15. The van der Waals surface area contributed by atoms with Gasteiger partial charge in [0.1, 0.15) is 0 Å². The third kappa shape index (κ3) is 4.98. The van der Waals surface area contributed by atoms with E-state index >= 15 is 0 Å². The molecule has 2 amide bonds. The van der Waals surface area contributed by atoms with Gasteiger partial charge in [0.15, 0.2) is 0 Å². The van der Waals surface area contributed by atoms with Gasteiger partial charge in [-0.2, -0.15) is 0 Å². The normalized spacial score (nSPS) is 14.8. The van der Waals surface area contributed by atoms with Gasteiger partial charge in [-0.3, -0.25) is 9.59 Å². The molecule has 0 spiro atoms. The van der Waals surface area contributed by atoms with Gasteiger partial charge in [0.2, 0.25) is 11.8 Å². The summed E-state index contributed by atoms with van der Waals surface area (Å²) in [7, 11) is 0. The van der Waals surface area contributed by atoms with Gasteiger partial charge in [-0.15, -0.1) is 0 Å². The first kappa shape index (κ1) is 17.3. The van der Waals surface area contributed by atoms with Crippen molar-refractivity contribution < 1.29 is 9.59 Å². The maximum atomic E-state index is 12.2. The molecule has 1 aliphatic heterocycles. The topological polar surface area (TPSA) is 75.4 Å². The zero-order valence-electron chi connectivity index (χ0n) is 14.1. The van der Waals surface area contributed by atoms with Crippen LogP contribution in [0.5, 0.6) is 0 Å². The summed E-state index contributed by atoms with van der Waals surface area (Å²) >= 11 is 0. The van der Waals surface area contributed by atoms with E-state index in [1.165, 1.54) is 6.42 Å². The molecule has 2 rings (SSSR count). The maximum absolute atomic E-state index is 12.2. The van der Waals surface area contributed by atoms with Gasteiger partial charge in [0, 0.05) is 25.1 Å². The van der Waals surface area contributed by atoms with Crippen LogP contribution in [-0.4, -0.2) is 24.9 Å². The lowest BCUT2D eigenvalue weighted by Crippen LogP contribution is -2.30. The highest BCUT2D eigenvalue weighted by molar-refractivity contribution is 5.99. The van der Waals surface area contributed by atoms with Crippen LogP contribution in [0.15, 0.2) is 18.2 Å². The molecule has 1 heterocycles. The molecule has 0 bridgehead atoms. The molecule has 1 saturated heterocycles. The SMILES string of the molecule is CC(C)CCC(=O)Nc1cc(C(N)=O)ccc1N1CCCCC1. The Kier molecular flexibility index (Phi) is 6.02. The number of amides is 2. The summed E-state index contributed by atoms with van der Waals surface area (Å²) in [6.07, 6.45) is 4.88. The highest BCUT2D eigenvalue weighted by Crippen LogP contribution is 2.30. The fraction of sp³-hybridized carbons (Fsp3) is 0.556. The molecule has 0 unspecified atom stereocenters. The van der Waals surface area contributed by atoms with Crippen LogP contribution in [0.25, 0.3) is 0 Å². The second-order valence-electron chi connectivity index (χ2n) is 6.62. The second-order valence-corrected chi connectivity index (χ2v) is 6.62. The Bertz CT molecular complexity index is 563. The molecule has 0 radical (unpaired) electrons. The zero-order valence-corrected chi connectivity index (χ0v) is 14.1. The fourth-order valence-corrected chi connectivity index (χ4v) is 2.83. The summed E-state index contributed by atoms with van der Waals surface area (Å²) in [5.41, 5.74) is 7.47. The molecule has 0 aromatic heterocycles. The quantitative estimate of drug-likeness (QED) is 0.846. The number of carbonyl (C=O) groups excluding carboxylic acids is 2. The lowest BCUT2D eigenvalue weighted by molar-refractivity contribution is -0.116. The van der Waals surface area contributed by atoms with Crippen molar-refractivity contribution in [3.8, 4) is 0 Å². The van der Waals surface area contributed by atoms with Crippen LogP contribution in [0.4, 0.5) is 11.4 Å². The summed E-state index contributed by atoms with van der Waals surface area (Å²) in [5.74, 6) is -0.00859. The number of nitrogens with two attached hydrogens (primary N) is 1. The van der Waals surface area contributed by atoms with E-state index in [4.69, 9.17) is 5.73 Å². The standard InChI is InChI=1S/C18H27N3O2/c1-13(2)6-9-17(22)20-15-12-14(18(19)23)7-8-16(15)21-10-4-3-5-11-21/h7-8,12-13H,3-6,9-11H2,1-2H3,(H2,19,23)(H,20,22). The molecule has 1 aromatic carbocycles. The predicted molar refractivity (Wildman–Crippen MR) is 93.7 cm³/mol. The van der Waals surface area contributed by atoms with E-state index in [0.717, 1.165) is 38.0 Å². The van der Waals surface area contributed by atoms with Gasteiger partial charge in [-0.1, -0.05) is 13.8 Å². The summed E-state index contributed by atoms with van der Waals surface area (Å²) in [4.78, 5) is 25.9. The highest BCUT2D eigenvalue weighted by atomic mass is 16.2. The number of hydrogen-bond donors (Lipinski definition) is 2. The number of hydrogen-bond acceptors (Lipinski definition) is 3. The lowest BCUT2D eigenvalue weighted by atomic mass is 10.1. The lowest BCUT2D eigenvalue weighted by Gasteiger charge is -2.30. The first-order valence-corrected chi connectivity index (χ1v) is 8.46. The number of nitrogens with zero attached hydrogens (tertiary/aromatic N) is 1. The maximum Gasteiger partial charge on any atom is 0.248 e. The Morgan fingerprint density at radius 2 is 1.91 bits per heavy atom. The van der Waals surface area contributed by atoms with Crippen molar-refractivity contribution in [2.75, 3.05) is 23.3 Å². The van der Waals surface area contributed by atoms with Gasteiger partial charge in [-0.05, 0) is 49.8 Å². The molecule has 0 atom stereocenters. The Hall–Kier alpha value is -2.04. The first-order valence-electron chi connectivity index (χ1n) is 8.46. The molecular formula is C18H27N3O2. The van der Waals surface area contributed by atoms with E-state index in [-0.39, 0.29) is 5.91 Å². The number of benzene rings is 1. The number of rotatable bonds is 6. The van der Waals surface area contributed by atoms with E-state index in [1.807, 2.05) is 6.07 Å². The molecule has 0 aliphatic carbocycles. The molecule has 126 valence electrons. The van der Waals surface area contributed by atoms with Crippen LogP contribution in [0, 0.1) is 5.92 Å². The van der Waals surface area contributed by atoms with E-state index in [1.54, 1.807) is 12.1 Å². The van der Waals surface area contributed by atoms with Crippen LogP contribution < -0.4 is 16.0 Å². The van der Waals surface area contributed by atoms with Crippen molar-refractivity contribution in [2.45, 2.75) is 46.0 Å². The molecule has 1 aromatic rings. The van der Waals surface area contributed by atoms with Gasteiger partial charge < -0.3 is 16.0 Å². The minimum Gasteiger partial charge on any atom is -0.370 e. The summed E-state index contributed by atoms with van der Waals surface area (Å²) < 4.78 is 0. The minimum atomic E-state index is -0.479.